The molecule has 3 N–H and O–H groups in total. The van der Waals surface area contributed by atoms with Gasteiger partial charge in [0.05, 0.1) is 5.56 Å². The number of aliphatic hydroxyl groups excluding tert-OH is 1. The lowest BCUT2D eigenvalue weighted by molar-refractivity contribution is 0.0654. The van der Waals surface area contributed by atoms with Crippen LogP contribution in [0.4, 0.5) is 10.1 Å². The highest BCUT2D eigenvalue weighted by atomic mass is 19.1. The molecule has 19 heavy (non-hydrogen) atoms. The quantitative estimate of drug-likeness (QED) is 0.817. The summed E-state index contributed by atoms with van der Waals surface area (Å²) in [6.07, 6.45) is 2.67. The molecule has 4 nitrogen and oxygen atoms in total. The number of carbonyl (C=O) groups is 1. The first-order chi connectivity index (χ1) is 9.11. The number of amides is 1. The van der Waals surface area contributed by atoms with Crippen molar-refractivity contribution in [3.05, 3.63) is 29.6 Å². The number of anilines is 1. The van der Waals surface area contributed by atoms with E-state index in [4.69, 9.17) is 10.8 Å². The maximum absolute atomic E-state index is 13.0. The van der Waals surface area contributed by atoms with Crippen molar-refractivity contribution in [2.24, 2.45) is 5.92 Å². The van der Waals surface area contributed by atoms with E-state index in [1.165, 1.54) is 18.2 Å². The number of likely N-dealkylation sites (tertiary alicyclic amines) is 1. The Morgan fingerprint density at radius 2 is 2.32 bits per heavy atom. The molecular weight excluding hydrogens is 247 g/mol. The number of rotatable bonds is 3. The van der Waals surface area contributed by atoms with E-state index in [0.717, 1.165) is 12.8 Å². The molecule has 1 aromatic carbocycles. The van der Waals surface area contributed by atoms with Gasteiger partial charge in [0, 0.05) is 25.4 Å². The number of aliphatic hydroxyl groups is 1. The van der Waals surface area contributed by atoms with Crippen LogP contribution in [0.5, 0.6) is 0 Å². The van der Waals surface area contributed by atoms with Crippen molar-refractivity contribution in [2.75, 3.05) is 25.4 Å². The number of benzene rings is 1. The molecule has 1 aliphatic rings. The fourth-order valence-corrected chi connectivity index (χ4v) is 2.57. The monoisotopic (exact) mass is 266 g/mol. The maximum atomic E-state index is 13.0. The van der Waals surface area contributed by atoms with Crippen LogP contribution in [0.2, 0.25) is 0 Å². The van der Waals surface area contributed by atoms with Gasteiger partial charge in [0.25, 0.3) is 5.91 Å². The minimum absolute atomic E-state index is 0.144. The van der Waals surface area contributed by atoms with Gasteiger partial charge < -0.3 is 15.7 Å². The van der Waals surface area contributed by atoms with Gasteiger partial charge in [-0.3, -0.25) is 4.79 Å². The molecule has 1 unspecified atom stereocenters. The second-order valence-electron chi connectivity index (χ2n) is 5.00. The van der Waals surface area contributed by atoms with Crippen molar-refractivity contribution >= 4 is 11.6 Å². The highest BCUT2D eigenvalue weighted by Gasteiger charge is 2.25. The zero-order chi connectivity index (χ0) is 13.8. The molecule has 0 aromatic heterocycles. The summed E-state index contributed by atoms with van der Waals surface area (Å²) in [5, 5.41) is 8.97. The van der Waals surface area contributed by atoms with Gasteiger partial charge in [0.1, 0.15) is 5.82 Å². The maximum Gasteiger partial charge on any atom is 0.255 e. The number of carbonyl (C=O) groups excluding carboxylic acids is 1. The van der Waals surface area contributed by atoms with Gasteiger partial charge in [-0.05, 0) is 43.4 Å². The molecule has 0 bridgehead atoms. The van der Waals surface area contributed by atoms with Gasteiger partial charge >= 0.3 is 0 Å². The third-order valence-electron chi connectivity index (χ3n) is 3.59. The Kier molecular flexibility index (Phi) is 4.37. The Labute approximate surface area is 112 Å². The van der Waals surface area contributed by atoms with E-state index in [1.807, 2.05) is 0 Å². The Balaban J connectivity index is 2.10. The second kappa shape index (κ2) is 6.02. The van der Waals surface area contributed by atoms with Crippen LogP contribution < -0.4 is 5.73 Å². The molecule has 1 heterocycles. The van der Waals surface area contributed by atoms with Crippen molar-refractivity contribution in [3.8, 4) is 0 Å². The molecule has 104 valence electrons. The van der Waals surface area contributed by atoms with E-state index in [0.29, 0.717) is 31.0 Å². The van der Waals surface area contributed by atoms with Gasteiger partial charge in [-0.2, -0.15) is 0 Å². The first-order valence-corrected chi connectivity index (χ1v) is 6.57. The molecule has 1 aromatic rings. The lowest BCUT2D eigenvalue weighted by Gasteiger charge is -2.32. The molecular formula is C14H19FN2O2. The zero-order valence-corrected chi connectivity index (χ0v) is 10.8. The average Bonchev–Trinajstić information content (AvgIpc) is 2.39. The summed E-state index contributed by atoms with van der Waals surface area (Å²) in [7, 11) is 0. The van der Waals surface area contributed by atoms with Crippen molar-refractivity contribution in [1.82, 2.24) is 4.90 Å². The lowest BCUT2D eigenvalue weighted by atomic mass is 9.94. The Morgan fingerprint density at radius 1 is 1.53 bits per heavy atom. The number of halogens is 1. The first-order valence-electron chi connectivity index (χ1n) is 6.57. The first kappa shape index (κ1) is 13.8. The molecule has 0 aliphatic carbocycles. The fraction of sp³-hybridized carbons (Fsp3) is 0.500. The van der Waals surface area contributed by atoms with Crippen LogP contribution in [-0.2, 0) is 0 Å². The molecule has 1 atom stereocenters. The van der Waals surface area contributed by atoms with E-state index < -0.39 is 5.82 Å². The smallest absolute Gasteiger partial charge is 0.255 e. The summed E-state index contributed by atoms with van der Waals surface area (Å²) < 4.78 is 13.0. The molecule has 2 rings (SSSR count). The Hall–Kier alpha value is -1.62. The SMILES string of the molecule is Nc1cc(F)ccc1C(=O)N1CCCC(CCO)C1. The van der Waals surface area contributed by atoms with Crippen LogP contribution in [0.3, 0.4) is 0 Å². The van der Waals surface area contributed by atoms with E-state index >= 15 is 0 Å². The largest absolute Gasteiger partial charge is 0.398 e. The molecule has 1 saturated heterocycles. The minimum Gasteiger partial charge on any atom is -0.398 e. The highest BCUT2D eigenvalue weighted by Crippen LogP contribution is 2.23. The van der Waals surface area contributed by atoms with Crippen LogP contribution in [0, 0.1) is 11.7 Å². The summed E-state index contributed by atoms with van der Waals surface area (Å²) in [5.41, 5.74) is 6.22. The van der Waals surface area contributed by atoms with Crippen LogP contribution in [-0.4, -0.2) is 35.6 Å². The van der Waals surface area contributed by atoms with E-state index in [2.05, 4.69) is 0 Å². The molecule has 0 spiro atoms. The van der Waals surface area contributed by atoms with Crippen LogP contribution in [0.1, 0.15) is 29.6 Å². The molecule has 0 radical (unpaired) electrons. The fourth-order valence-electron chi connectivity index (χ4n) is 2.57. The number of hydrogen-bond acceptors (Lipinski definition) is 3. The third kappa shape index (κ3) is 3.23. The normalized spacial score (nSPS) is 19.5. The van der Waals surface area contributed by atoms with Crippen LogP contribution >= 0.6 is 0 Å². The van der Waals surface area contributed by atoms with Gasteiger partial charge in [-0.1, -0.05) is 0 Å². The van der Waals surface area contributed by atoms with Gasteiger partial charge in [-0.15, -0.1) is 0 Å². The standard InChI is InChI=1S/C14H19FN2O2/c15-11-3-4-12(13(16)8-11)14(19)17-6-1-2-10(9-17)5-7-18/h3-4,8,10,18H,1-2,5-7,9,16H2. The number of hydrogen-bond donors (Lipinski definition) is 2. The van der Waals surface area contributed by atoms with E-state index in [-0.39, 0.29) is 18.2 Å². The molecule has 1 aliphatic heterocycles. The van der Waals surface area contributed by atoms with Crippen molar-refractivity contribution in [3.63, 3.8) is 0 Å². The number of nitrogens with zero attached hydrogens (tertiary/aromatic N) is 1. The Morgan fingerprint density at radius 3 is 3.00 bits per heavy atom. The van der Waals surface area contributed by atoms with Gasteiger partial charge in [-0.25, -0.2) is 4.39 Å². The zero-order valence-electron chi connectivity index (χ0n) is 10.8. The van der Waals surface area contributed by atoms with Crippen molar-refractivity contribution in [1.29, 1.82) is 0 Å². The van der Waals surface area contributed by atoms with Crippen LogP contribution in [0.25, 0.3) is 0 Å². The Bertz CT molecular complexity index is 463. The van der Waals surface area contributed by atoms with Gasteiger partial charge in [0.2, 0.25) is 0 Å². The number of nitrogens with two attached hydrogens (primary N) is 1. The number of nitrogen functional groups attached to an aromatic ring is 1. The summed E-state index contributed by atoms with van der Waals surface area (Å²) in [5.74, 6) is -0.254. The minimum atomic E-state index is -0.439. The molecule has 1 fully saturated rings. The predicted molar refractivity (Wildman–Crippen MR) is 71.1 cm³/mol. The summed E-state index contributed by atoms with van der Waals surface area (Å²) in [6.45, 7) is 1.47. The number of piperidine rings is 1. The van der Waals surface area contributed by atoms with Crippen molar-refractivity contribution in [2.45, 2.75) is 19.3 Å². The molecule has 1 amide bonds. The summed E-state index contributed by atoms with van der Waals surface area (Å²) in [6, 6.07) is 3.85. The summed E-state index contributed by atoms with van der Waals surface area (Å²) in [4.78, 5) is 14.1. The van der Waals surface area contributed by atoms with Crippen LogP contribution in [0.15, 0.2) is 18.2 Å². The van der Waals surface area contributed by atoms with Gasteiger partial charge in [0.15, 0.2) is 0 Å². The van der Waals surface area contributed by atoms with Crippen molar-refractivity contribution < 1.29 is 14.3 Å². The predicted octanol–water partition coefficient (Wildman–Crippen LogP) is 1.64. The highest BCUT2D eigenvalue weighted by molar-refractivity contribution is 5.99. The van der Waals surface area contributed by atoms with E-state index in [1.54, 1.807) is 4.90 Å². The third-order valence-corrected chi connectivity index (χ3v) is 3.59. The summed E-state index contributed by atoms with van der Waals surface area (Å²) >= 11 is 0. The van der Waals surface area contributed by atoms with E-state index in [9.17, 15) is 9.18 Å². The lowest BCUT2D eigenvalue weighted by Crippen LogP contribution is -2.40. The molecule has 0 saturated carbocycles. The topological polar surface area (TPSA) is 66.6 Å². The second-order valence-corrected chi connectivity index (χ2v) is 5.00. The average molecular weight is 266 g/mol. The molecule has 5 heteroatoms.